The van der Waals surface area contributed by atoms with Crippen molar-refractivity contribution in [2.24, 2.45) is 16.8 Å². The monoisotopic (exact) mass is 629 g/mol. The summed E-state index contributed by atoms with van der Waals surface area (Å²) in [6, 6.07) is -1.64. The van der Waals surface area contributed by atoms with Gasteiger partial charge in [-0.05, 0) is 31.6 Å². The van der Waals surface area contributed by atoms with E-state index in [2.05, 4.69) is 15.0 Å². The van der Waals surface area contributed by atoms with Crippen molar-refractivity contribution in [3.8, 4) is 5.88 Å². The Balaban J connectivity index is 1.82. The zero-order valence-corrected chi connectivity index (χ0v) is 26.2. The van der Waals surface area contributed by atoms with Crippen LogP contribution in [0.1, 0.15) is 46.0 Å². The standard InChI is InChI=1S/C26H44N7O9P/c1-15(2)16(21(35)19(34)10-11-29-20-22(27)30-26(28)31-23(20)39-3)14-42-43(38,32-12-6-8-17(32)24(36)40-4)33-13-7-9-18(33)25(37)41-5/h11,15-19,21,34-35H,6-10,12-14H2,1-5H3,(H4,27,28,30,31)/b29-11-. The van der Waals surface area contributed by atoms with Gasteiger partial charge in [-0.25, -0.2) is 9.34 Å². The molecule has 1 aromatic rings. The van der Waals surface area contributed by atoms with Crippen LogP contribution in [0.2, 0.25) is 0 Å². The van der Waals surface area contributed by atoms with Crippen LogP contribution >= 0.6 is 7.67 Å². The molecule has 6 N–H and O–H groups in total. The Morgan fingerprint density at radius 2 is 1.60 bits per heavy atom. The Morgan fingerprint density at radius 3 is 2.09 bits per heavy atom. The summed E-state index contributed by atoms with van der Waals surface area (Å²) in [6.07, 6.45) is 0.651. The number of aliphatic imine (C=N–C) groups is 1. The average Bonchev–Trinajstić information content (AvgIpc) is 3.68. The third-order valence-electron chi connectivity index (χ3n) is 7.83. The van der Waals surface area contributed by atoms with E-state index < -0.39 is 49.8 Å². The lowest BCUT2D eigenvalue weighted by Crippen LogP contribution is -2.45. The summed E-state index contributed by atoms with van der Waals surface area (Å²) >= 11 is 0. The highest BCUT2D eigenvalue weighted by atomic mass is 31.2. The van der Waals surface area contributed by atoms with Crippen LogP contribution in [-0.2, 0) is 28.2 Å². The number of methoxy groups -OCH3 is 3. The molecule has 2 aliphatic rings. The molecular formula is C26H44N7O9P. The number of ether oxygens (including phenoxy) is 3. The predicted molar refractivity (Wildman–Crippen MR) is 158 cm³/mol. The van der Waals surface area contributed by atoms with Gasteiger partial charge < -0.3 is 40.4 Å². The summed E-state index contributed by atoms with van der Waals surface area (Å²) in [4.78, 5) is 37.2. The molecule has 5 atom stereocenters. The van der Waals surface area contributed by atoms with Crippen LogP contribution in [0.25, 0.3) is 0 Å². The zero-order chi connectivity index (χ0) is 31.9. The maximum absolute atomic E-state index is 14.8. The number of aliphatic hydroxyl groups excluding tert-OH is 2. The molecule has 0 saturated carbocycles. The molecule has 0 amide bonds. The quantitative estimate of drug-likeness (QED) is 0.129. The molecule has 0 bridgehead atoms. The van der Waals surface area contributed by atoms with Crippen molar-refractivity contribution >= 4 is 43.3 Å². The first-order valence-electron chi connectivity index (χ1n) is 14.2. The van der Waals surface area contributed by atoms with Crippen LogP contribution in [0.4, 0.5) is 17.5 Å². The van der Waals surface area contributed by atoms with Gasteiger partial charge in [-0.3, -0.25) is 19.1 Å². The number of nitrogens with two attached hydrogens (primary N) is 2. The summed E-state index contributed by atoms with van der Waals surface area (Å²) in [6.45, 7) is 4.01. The topological polar surface area (TPSA) is 225 Å². The summed E-state index contributed by atoms with van der Waals surface area (Å²) in [5.74, 6) is -2.04. The van der Waals surface area contributed by atoms with Gasteiger partial charge in [-0.2, -0.15) is 9.97 Å². The zero-order valence-electron chi connectivity index (χ0n) is 25.3. The molecular weight excluding hydrogens is 585 g/mol. The number of rotatable bonds is 14. The number of anilines is 2. The van der Waals surface area contributed by atoms with E-state index in [4.69, 9.17) is 30.2 Å². The lowest BCUT2D eigenvalue weighted by Gasteiger charge is -2.40. The first-order chi connectivity index (χ1) is 20.4. The van der Waals surface area contributed by atoms with Gasteiger partial charge in [0.05, 0.1) is 40.1 Å². The largest absolute Gasteiger partial charge is 0.479 e. The number of nitrogen functional groups attached to an aromatic ring is 2. The fourth-order valence-electron chi connectivity index (χ4n) is 5.43. The molecule has 2 aliphatic heterocycles. The molecule has 17 heteroatoms. The Labute approximate surface area is 251 Å². The van der Waals surface area contributed by atoms with Gasteiger partial charge in [-0.15, -0.1) is 0 Å². The Morgan fingerprint density at radius 1 is 1.05 bits per heavy atom. The molecule has 3 rings (SSSR count). The van der Waals surface area contributed by atoms with Crippen LogP contribution in [0.15, 0.2) is 4.99 Å². The summed E-state index contributed by atoms with van der Waals surface area (Å²) in [5, 5.41) is 22.1. The number of hydrogen-bond donors (Lipinski definition) is 4. The Bertz CT molecular complexity index is 1170. The van der Waals surface area contributed by atoms with Crippen LogP contribution in [-0.4, -0.2) is 113 Å². The van der Waals surface area contributed by atoms with Crippen molar-refractivity contribution in [3.05, 3.63) is 0 Å². The number of nitrogens with zero attached hydrogens (tertiary/aromatic N) is 5. The van der Waals surface area contributed by atoms with Gasteiger partial charge >= 0.3 is 19.6 Å². The number of esters is 2. The molecule has 0 radical (unpaired) electrons. The SMILES string of the molecule is COC(=O)C1CCCN1P(=O)(OCC(C(C)C)C(O)C(O)C/C=N\c1c(N)nc(N)nc1OC)N1CCCC1C(=O)OC. The normalized spacial score (nSPS) is 23.3. The van der Waals surface area contributed by atoms with E-state index >= 15 is 0 Å². The predicted octanol–water partition coefficient (Wildman–Crippen LogP) is 1.14. The third kappa shape index (κ3) is 7.80. The maximum atomic E-state index is 14.8. The van der Waals surface area contributed by atoms with E-state index in [0.29, 0.717) is 25.7 Å². The van der Waals surface area contributed by atoms with Crippen LogP contribution in [0.3, 0.4) is 0 Å². The van der Waals surface area contributed by atoms with Crippen LogP contribution in [0, 0.1) is 11.8 Å². The highest BCUT2D eigenvalue weighted by Crippen LogP contribution is 2.60. The summed E-state index contributed by atoms with van der Waals surface area (Å²) in [5.41, 5.74) is 11.6. The highest BCUT2D eigenvalue weighted by molar-refractivity contribution is 7.54. The number of hydrogen-bond acceptors (Lipinski definition) is 14. The van der Waals surface area contributed by atoms with E-state index in [-0.39, 0.29) is 55.4 Å². The Hall–Kier alpha value is -2.88. The van der Waals surface area contributed by atoms with Gasteiger partial charge in [-0.1, -0.05) is 13.8 Å². The molecule has 0 spiro atoms. The second-order valence-corrected chi connectivity index (χ2v) is 13.1. The molecule has 5 unspecified atom stereocenters. The second-order valence-electron chi connectivity index (χ2n) is 10.8. The van der Waals surface area contributed by atoms with Gasteiger partial charge in [0.15, 0.2) is 11.5 Å². The summed E-state index contributed by atoms with van der Waals surface area (Å²) in [7, 11) is -0.115. The second kappa shape index (κ2) is 15.2. The number of carbonyl (C=O) groups excluding carboxylic acids is 2. The maximum Gasteiger partial charge on any atom is 0.347 e. The first-order valence-corrected chi connectivity index (χ1v) is 15.7. The molecule has 16 nitrogen and oxygen atoms in total. The molecule has 0 aromatic carbocycles. The minimum absolute atomic E-state index is 0.0146. The lowest BCUT2D eigenvalue weighted by atomic mass is 9.87. The molecule has 1 aromatic heterocycles. The fourth-order valence-corrected chi connectivity index (χ4v) is 8.30. The average molecular weight is 630 g/mol. The highest BCUT2D eigenvalue weighted by Gasteiger charge is 2.53. The first kappa shape index (κ1) is 34.6. The van der Waals surface area contributed by atoms with Gasteiger partial charge in [0.2, 0.25) is 11.8 Å². The van der Waals surface area contributed by atoms with E-state index in [0.717, 1.165) is 0 Å². The smallest absolute Gasteiger partial charge is 0.347 e. The van der Waals surface area contributed by atoms with E-state index in [1.54, 1.807) is 0 Å². The molecule has 2 saturated heterocycles. The molecule has 3 heterocycles. The molecule has 2 fully saturated rings. The van der Waals surface area contributed by atoms with E-state index in [1.807, 2.05) is 13.8 Å². The fraction of sp³-hybridized carbons (Fsp3) is 0.731. The van der Waals surface area contributed by atoms with E-state index in [9.17, 15) is 24.4 Å². The summed E-state index contributed by atoms with van der Waals surface area (Å²) < 4.78 is 39.1. The van der Waals surface area contributed by atoms with Crippen molar-refractivity contribution in [1.82, 2.24) is 19.3 Å². The van der Waals surface area contributed by atoms with Crippen LogP contribution < -0.4 is 16.2 Å². The number of aromatic nitrogens is 2. The number of aliphatic hydroxyl groups is 2. The van der Waals surface area contributed by atoms with Crippen molar-refractivity contribution < 1.29 is 43.1 Å². The third-order valence-corrected chi connectivity index (χ3v) is 10.6. The lowest BCUT2D eigenvalue weighted by molar-refractivity contribution is -0.145. The number of carbonyl (C=O) groups is 2. The minimum atomic E-state index is -4.01. The van der Waals surface area contributed by atoms with Crippen LogP contribution in [0.5, 0.6) is 5.88 Å². The molecule has 242 valence electrons. The van der Waals surface area contributed by atoms with Gasteiger partial charge in [0.1, 0.15) is 12.1 Å². The van der Waals surface area contributed by atoms with E-state index in [1.165, 1.54) is 36.9 Å². The minimum Gasteiger partial charge on any atom is -0.479 e. The van der Waals surface area contributed by atoms with Gasteiger partial charge in [0, 0.05) is 31.6 Å². The van der Waals surface area contributed by atoms with Crippen molar-refractivity contribution in [1.29, 1.82) is 0 Å². The Kier molecular flexibility index (Phi) is 12.2. The molecule has 43 heavy (non-hydrogen) atoms. The van der Waals surface area contributed by atoms with Crippen molar-refractivity contribution in [2.45, 2.75) is 70.2 Å². The van der Waals surface area contributed by atoms with Crippen molar-refractivity contribution in [2.75, 3.05) is 52.5 Å². The molecule has 0 aliphatic carbocycles. The van der Waals surface area contributed by atoms with Crippen molar-refractivity contribution in [3.63, 3.8) is 0 Å². The van der Waals surface area contributed by atoms with Gasteiger partial charge in [0.25, 0.3) is 0 Å².